The number of hydrogen-bond donors (Lipinski definition) is 3. The summed E-state index contributed by atoms with van der Waals surface area (Å²) < 4.78 is 15.8. The maximum absolute atomic E-state index is 14.4. The van der Waals surface area contributed by atoms with Gasteiger partial charge in [-0.1, -0.05) is 41.4 Å². The minimum absolute atomic E-state index is 0.0215. The molecule has 0 radical (unpaired) electrons. The van der Waals surface area contributed by atoms with Gasteiger partial charge in [0.2, 0.25) is 0 Å². The highest BCUT2D eigenvalue weighted by atomic mass is 35.5. The summed E-state index contributed by atoms with van der Waals surface area (Å²) in [5, 5.41) is 16.6. The summed E-state index contributed by atoms with van der Waals surface area (Å²) in [5.41, 5.74) is 0.886. The lowest BCUT2D eigenvalue weighted by molar-refractivity contribution is 0.0947. The Morgan fingerprint density at radius 2 is 1.79 bits per heavy atom. The number of hydrogen-bond acceptors (Lipinski definition) is 6. The minimum Gasteiger partial charge on any atom is -0.350 e. The van der Waals surface area contributed by atoms with E-state index in [1.54, 1.807) is 24.3 Å². The van der Waals surface area contributed by atoms with E-state index in [9.17, 15) is 14.0 Å². The number of rotatable bonds is 8. The van der Waals surface area contributed by atoms with Crippen molar-refractivity contribution in [3.63, 3.8) is 0 Å². The van der Waals surface area contributed by atoms with E-state index in [-0.39, 0.29) is 38.4 Å². The molecule has 0 atom stereocenters. The first-order valence-electron chi connectivity index (χ1n) is 11.6. The first-order chi connectivity index (χ1) is 18.9. The van der Waals surface area contributed by atoms with Crippen LogP contribution in [0, 0.1) is 5.82 Å². The van der Waals surface area contributed by atoms with Gasteiger partial charge in [0.25, 0.3) is 11.8 Å². The number of aromatic nitrogens is 6. The first kappa shape index (κ1) is 26.0. The number of benzene rings is 2. The zero-order valence-corrected chi connectivity index (χ0v) is 21.5. The number of anilines is 1. The number of para-hydroxylation sites is 1. The van der Waals surface area contributed by atoms with Gasteiger partial charge in [0.05, 0.1) is 21.3 Å². The predicted molar refractivity (Wildman–Crippen MR) is 144 cm³/mol. The van der Waals surface area contributed by atoms with E-state index in [1.807, 2.05) is 6.07 Å². The Hall–Kier alpha value is -4.61. The number of nitrogens with one attached hydrogen (secondary N) is 3. The second-order valence-corrected chi connectivity index (χ2v) is 9.01. The topological polar surface area (TPSA) is 130 Å². The quantitative estimate of drug-likeness (QED) is 0.250. The van der Waals surface area contributed by atoms with Crippen molar-refractivity contribution in [1.29, 1.82) is 0 Å². The number of amides is 2. The second-order valence-electron chi connectivity index (χ2n) is 8.20. The van der Waals surface area contributed by atoms with Crippen LogP contribution < -0.4 is 10.6 Å². The van der Waals surface area contributed by atoms with Crippen LogP contribution >= 0.6 is 23.2 Å². The number of pyridine rings is 1. The molecule has 3 N–H and O–H groups in total. The molecule has 0 spiro atoms. The lowest BCUT2D eigenvalue weighted by Crippen LogP contribution is -2.26. The third-order valence-electron chi connectivity index (χ3n) is 5.61. The van der Waals surface area contributed by atoms with Gasteiger partial charge in [-0.05, 0) is 36.4 Å². The molecule has 0 fully saturated rings. The van der Waals surface area contributed by atoms with Gasteiger partial charge in [0.1, 0.15) is 29.5 Å². The zero-order chi connectivity index (χ0) is 27.4. The summed E-state index contributed by atoms with van der Waals surface area (Å²) in [4.78, 5) is 34.3. The lowest BCUT2D eigenvalue weighted by Gasteiger charge is -2.12. The van der Waals surface area contributed by atoms with E-state index in [0.29, 0.717) is 24.5 Å². The van der Waals surface area contributed by atoms with E-state index >= 15 is 0 Å². The average molecular weight is 565 g/mol. The molecule has 0 saturated carbocycles. The summed E-state index contributed by atoms with van der Waals surface area (Å²) in [7, 11) is 0. The summed E-state index contributed by atoms with van der Waals surface area (Å²) in [6.07, 6.45) is 3.25. The van der Waals surface area contributed by atoms with Crippen LogP contribution in [0.5, 0.6) is 0 Å². The van der Waals surface area contributed by atoms with Crippen LogP contribution in [0.25, 0.3) is 16.9 Å². The van der Waals surface area contributed by atoms with E-state index in [0.717, 1.165) is 0 Å². The molecule has 0 unspecified atom stereocenters. The third kappa shape index (κ3) is 5.79. The third-order valence-corrected chi connectivity index (χ3v) is 6.24. The van der Waals surface area contributed by atoms with Crippen molar-refractivity contribution in [2.75, 3.05) is 11.9 Å². The Kier molecular flexibility index (Phi) is 7.62. The van der Waals surface area contributed by atoms with Gasteiger partial charge in [-0.3, -0.25) is 19.7 Å². The SMILES string of the molecule is O=C(NCCc1ncn[nH]1)c1cc(NC(=O)c2cc(-c3ncccc3F)c(Cl)cc2Cl)n(-c2ccccc2)n1. The van der Waals surface area contributed by atoms with E-state index in [1.165, 1.54) is 47.5 Å². The number of nitrogens with zero attached hydrogens (tertiary/aromatic N) is 5. The van der Waals surface area contributed by atoms with Crippen LogP contribution in [0.3, 0.4) is 0 Å². The van der Waals surface area contributed by atoms with Crippen molar-refractivity contribution in [1.82, 2.24) is 35.3 Å². The number of H-pyrrole nitrogens is 1. The van der Waals surface area contributed by atoms with E-state index in [2.05, 4.69) is 35.9 Å². The van der Waals surface area contributed by atoms with Gasteiger partial charge in [0, 0.05) is 30.8 Å². The van der Waals surface area contributed by atoms with Gasteiger partial charge < -0.3 is 10.6 Å². The normalized spacial score (nSPS) is 10.8. The monoisotopic (exact) mass is 564 g/mol. The molecular weight excluding hydrogens is 546 g/mol. The number of carbonyl (C=O) groups is 2. The summed E-state index contributed by atoms with van der Waals surface area (Å²) in [6, 6.07) is 15.8. The van der Waals surface area contributed by atoms with Crippen molar-refractivity contribution in [3.8, 4) is 16.9 Å². The maximum atomic E-state index is 14.4. The highest BCUT2D eigenvalue weighted by Gasteiger charge is 2.21. The molecule has 5 aromatic rings. The molecule has 0 aliphatic heterocycles. The fourth-order valence-electron chi connectivity index (χ4n) is 3.76. The molecule has 2 aromatic carbocycles. The van der Waals surface area contributed by atoms with E-state index in [4.69, 9.17) is 23.2 Å². The number of aromatic amines is 1. The number of carbonyl (C=O) groups excluding carboxylic acids is 2. The first-order valence-corrected chi connectivity index (χ1v) is 12.4. The maximum Gasteiger partial charge on any atom is 0.271 e. The summed E-state index contributed by atoms with van der Waals surface area (Å²) >= 11 is 12.6. The van der Waals surface area contributed by atoms with Crippen LogP contribution in [-0.2, 0) is 6.42 Å². The van der Waals surface area contributed by atoms with Crippen molar-refractivity contribution in [2.45, 2.75) is 6.42 Å². The van der Waals surface area contributed by atoms with Crippen molar-refractivity contribution in [3.05, 3.63) is 106 Å². The molecular formula is C26H19Cl2FN8O2. The van der Waals surface area contributed by atoms with Gasteiger partial charge >= 0.3 is 0 Å². The summed E-state index contributed by atoms with van der Waals surface area (Å²) in [5.74, 6) is -0.832. The standard InChI is InChI=1S/C26H19Cl2FN8O2/c27-18-12-19(28)17(11-16(18)24-20(29)7-4-9-30-24)25(38)34-23-13-21(36-37(23)15-5-2-1-3-6-15)26(39)31-10-8-22-32-14-33-35-22/h1-7,9,11-14H,8,10H2,(H,31,39)(H,34,38)(H,32,33,35). The van der Waals surface area contributed by atoms with Crippen LogP contribution in [0.4, 0.5) is 10.2 Å². The number of halogens is 3. The molecule has 0 saturated heterocycles. The Morgan fingerprint density at radius 1 is 0.974 bits per heavy atom. The molecule has 10 nitrogen and oxygen atoms in total. The highest BCUT2D eigenvalue weighted by molar-refractivity contribution is 6.38. The minimum atomic E-state index is -0.622. The van der Waals surface area contributed by atoms with Gasteiger partial charge in [0.15, 0.2) is 5.69 Å². The van der Waals surface area contributed by atoms with Crippen LogP contribution in [-0.4, -0.2) is 48.3 Å². The molecule has 3 heterocycles. The van der Waals surface area contributed by atoms with E-state index < -0.39 is 17.6 Å². The largest absolute Gasteiger partial charge is 0.350 e. The molecule has 0 bridgehead atoms. The zero-order valence-electron chi connectivity index (χ0n) is 20.0. The predicted octanol–water partition coefficient (Wildman–Crippen LogP) is 4.72. The molecule has 2 amide bonds. The van der Waals surface area contributed by atoms with Gasteiger partial charge in [-0.2, -0.15) is 10.2 Å². The molecule has 3 aromatic heterocycles. The molecule has 196 valence electrons. The van der Waals surface area contributed by atoms with Crippen LogP contribution in [0.15, 0.2) is 73.2 Å². The summed E-state index contributed by atoms with van der Waals surface area (Å²) in [6.45, 7) is 0.293. The van der Waals surface area contributed by atoms with Crippen molar-refractivity contribution in [2.24, 2.45) is 0 Å². The van der Waals surface area contributed by atoms with Gasteiger partial charge in [-0.15, -0.1) is 0 Å². The van der Waals surface area contributed by atoms with Crippen LogP contribution in [0.1, 0.15) is 26.7 Å². The average Bonchev–Trinajstić information content (AvgIpc) is 3.60. The highest BCUT2D eigenvalue weighted by Crippen LogP contribution is 2.33. The fraction of sp³-hybridized carbons (Fsp3) is 0.0769. The lowest BCUT2D eigenvalue weighted by atomic mass is 10.1. The molecule has 39 heavy (non-hydrogen) atoms. The Bertz CT molecular complexity index is 1640. The molecule has 0 aliphatic rings. The fourth-order valence-corrected chi connectivity index (χ4v) is 4.31. The van der Waals surface area contributed by atoms with Gasteiger partial charge in [-0.25, -0.2) is 14.1 Å². The smallest absolute Gasteiger partial charge is 0.271 e. The second kappa shape index (κ2) is 11.4. The Labute approximate surface area is 231 Å². The Morgan fingerprint density at radius 3 is 2.54 bits per heavy atom. The Balaban J connectivity index is 1.43. The van der Waals surface area contributed by atoms with Crippen molar-refractivity contribution >= 4 is 40.8 Å². The molecule has 13 heteroatoms. The van der Waals surface area contributed by atoms with Crippen LogP contribution in [0.2, 0.25) is 10.0 Å². The molecule has 5 rings (SSSR count). The van der Waals surface area contributed by atoms with Crippen molar-refractivity contribution < 1.29 is 14.0 Å². The molecule has 0 aliphatic carbocycles.